The average molecular weight is 563 g/mol. The van der Waals surface area contributed by atoms with E-state index in [1.165, 1.54) is 18.3 Å². The van der Waals surface area contributed by atoms with Gasteiger partial charge in [0.2, 0.25) is 5.88 Å². The van der Waals surface area contributed by atoms with Crippen molar-refractivity contribution in [2.24, 2.45) is 7.05 Å². The van der Waals surface area contributed by atoms with Gasteiger partial charge in [-0.3, -0.25) is 9.36 Å². The van der Waals surface area contributed by atoms with Crippen LogP contribution in [-0.4, -0.2) is 38.3 Å². The van der Waals surface area contributed by atoms with E-state index in [0.717, 1.165) is 13.1 Å². The Labute approximate surface area is 201 Å². The Morgan fingerprint density at radius 3 is 2.57 bits per heavy atom. The molecule has 0 saturated carbocycles. The third-order valence-electron chi connectivity index (χ3n) is 4.28. The minimum absolute atomic E-state index is 0.0734. The first-order valence-electron chi connectivity index (χ1n) is 9.62. The molecule has 186 valence electrons. The molecule has 0 aromatic carbocycles. The first-order valence-corrected chi connectivity index (χ1v) is 10.4. The summed E-state index contributed by atoms with van der Waals surface area (Å²) in [6.07, 6.45) is -3.66. The summed E-state index contributed by atoms with van der Waals surface area (Å²) in [7, 11) is 0.776. The van der Waals surface area contributed by atoms with Gasteiger partial charge in [0.15, 0.2) is 24.0 Å². The van der Waals surface area contributed by atoms with Crippen molar-refractivity contribution in [2.75, 3.05) is 13.2 Å². The minimum Gasteiger partial charge on any atom is -0.463 e. The lowest BCUT2D eigenvalue weighted by Crippen LogP contribution is -2.41. The Morgan fingerprint density at radius 1 is 1.20 bits per heavy atom. The van der Waals surface area contributed by atoms with E-state index >= 15 is 0 Å². The fraction of sp³-hybridized carbons (Fsp3) is 0.250. The molecular formula is C20H15BrF4N4O6. The number of aromatic nitrogens is 4. The summed E-state index contributed by atoms with van der Waals surface area (Å²) in [5.74, 6) is -3.42. The highest BCUT2D eigenvalue weighted by Gasteiger charge is 2.35. The topological polar surface area (TPSA) is 115 Å². The highest BCUT2D eigenvalue weighted by molar-refractivity contribution is 9.10. The molecule has 0 bridgehead atoms. The molecule has 3 aromatic rings. The average Bonchev–Trinajstić information content (AvgIpc) is 2.78. The van der Waals surface area contributed by atoms with Gasteiger partial charge in [-0.05, 0) is 41.1 Å². The predicted octanol–water partition coefficient (Wildman–Crippen LogP) is 2.98. The Kier molecular flexibility index (Phi) is 7.57. The van der Waals surface area contributed by atoms with Crippen LogP contribution in [0.25, 0.3) is 5.82 Å². The van der Waals surface area contributed by atoms with E-state index in [4.69, 9.17) is 14.2 Å². The summed E-state index contributed by atoms with van der Waals surface area (Å²) in [6, 6.07) is 3.76. The van der Waals surface area contributed by atoms with E-state index in [0.29, 0.717) is 0 Å². The van der Waals surface area contributed by atoms with Crippen LogP contribution < -0.4 is 20.7 Å². The number of rotatable bonds is 7. The number of esters is 1. The monoisotopic (exact) mass is 562 g/mol. The number of alkyl halides is 3. The zero-order valence-corrected chi connectivity index (χ0v) is 19.5. The van der Waals surface area contributed by atoms with Gasteiger partial charge < -0.3 is 14.2 Å². The van der Waals surface area contributed by atoms with Gasteiger partial charge in [-0.25, -0.2) is 23.5 Å². The summed E-state index contributed by atoms with van der Waals surface area (Å²) in [6.45, 7) is 1.24. The van der Waals surface area contributed by atoms with Gasteiger partial charge in [0.25, 0.3) is 11.4 Å². The molecule has 3 heterocycles. The summed E-state index contributed by atoms with van der Waals surface area (Å²) in [5.41, 5.74) is -4.46. The molecular weight excluding hydrogens is 548 g/mol. The van der Waals surface area contributed by atoms with E-state index in [1.807, 2.05) is 0 Å². The van der Waals surface area contributed by atoms with Crippen molar-refractivity contribution in [3.8, 4) is 23.3 Å². The molecule has 0 fully saturated rings. The molecule has 0 amide bonds. The fourth-order valence-corrected chi connectivity index (χ4v) is 3.13. The Hall–Kier alpha value is -3.75. The van der Waals surface area contributed by atoms with Crippen LogP contribution in [0.2, 0.25) is 0 Å². The summed E-state index contributed by atoms with van der Waals surface area (Å²) in [4.78, 5) is 44.1. The molecule has 35 heavy (non-hydrogen) atoms. The Bertz CT molecular complexity index is 1390. The van der Waals surface area contributed by atoms with Crippen LogP contribution in [0.3, 0.4) is 0 Å². The first kappa shape index (κ1) is 25.9. The van der Waals surface area contributed by atoms with Gasteiger partial charge in [0, 0.05) is 19.3 Å². The van der Waals surface area contributed by atoms with Crippen LogP contribution in [0, 0.1) is 5.82 Å². The van der Waals surface area contributed by atoms with Crippen LogP contribution in [-0.2, 0) is 22.8 Å². The number of hydrogen-bond acceptors (Lipinski definition) is 8. The number of halogens is 5. The molecule has 3 rings (SSSR count). The van der Waals surface area contributed by atoms with E-state index in [2.05, 4.69) is 25.9 Å². The fourth-order valence-electron chi connectivity index (χ4n) is 2.76. The molecule has 3 aromatic heterocycles. The lowest BCUT2D eigenvalue weighted by molar-refractivity contribution is -0.145. The second kappa shape index (κ2) is 10.2. The molecule has 0 spiro atoms. The van der Waals surface area contributed by atoms with E-state index in [1.54, 1.807) is 6.92 Å². The standard InChI is InChI=1S/C20H15BrF4N4O6/c1-3-33-15(31)9-34-18-12(5-4-6-26-18)35-17-10(21)7-11(22)16(27-17)29-14(30)8-13(20(23,24)25)28(2)19(29)32/h4-8H,3,9H2,1-2H3. The maximum Gasteiger partial charge on any atom is 0.431 e. The number of carbonyl (C=O) groups excluding carboxylic acids is 1. The van der Waals surface area contributed by atoms with Crippen LogP contribution in [0.4, 0.5) is 17.6 Å². The molecule has 0 aliphatic rings. The molecule has 0 saturated heterocycles. The maximum atomic E-state index is 14.7. The van der Waals surface area contributed by atoms with Crippen LogP contribution in [0.1, 0.15) is 12.6 Å². The van der Waals surface area contributed by atoms with Crippen LogP contribution >= 0.6 is 15.9 Å². The number of pyridine rings is 2. The normalized spacial score (nSPS) is 11.3. The molecule has 0 unspecified atom stereocenters. The van der Waals surface area contributed by atoms with Gasteiger partial charge in [-0.15, -0.1) is 0 Å². The van der Waals surface area contributed by atoms with Crippen molar-refractivity contribution < 1.29 is 36.6 Å². The van der Waals surface area contributed by atoms with Gasteiger partial charge >= 0.3 is 17.8 Å². The molecule has 0 aliphatic heterocycles. The third-order valence-corrected chi connectivity index (χ3v) is 4.84. The molecule has 0 atom stereocenters. The van der Waals surface area contributed by atoms with Gasteiger partial charge in [0.05, 0.1) is 11.1 Å². The molecule has 0 radical (unpaired) electrons. The highest BCUT2D eigenvalue weighted by atomic mass is 79.9. The minimum atomic E-state index is -4.99. The number of ether oxygens (including phenoxy) is 3. The zero-order chi connectivity index (χ0) is 25.9. The van der Waals surface area contributed by atoms with Crippen molar-refractivity contribution in [1.29, 1.82) is 0 Å². The van der Waals surface area contributed by atoms with E-state index in [-0.39, 0.29) is 43.8 Å². The second-order valence-electron chi connectivity index (χ2n) is 6.63. The Balaban J connectivity index is 2.05. The quantitative estimate of drug-likeness (QED) is 0.319. The van der Waals surface area contributed by atoms with Gasteiger partial charge in [-0.2, -0.15) is 18.2 Å². The van der Waals surface area contributed by atoms with E-state index < -0.39 is 47.3 Å². The largest absolute Gasteiger partial charge is 0.463 e. The first-order chi connectivity index (χ1) is 16.4. The maximum absolute atomic E-state index is 14.7. The van der Waals surface area contributed by atoms with Gasteiger partial charge in [-0.1, -0.05) is 0 Å². The summed E-state index contributed by atoms with van der Waals surface area (Å²) in [5, 5.41) is 0. The SMILES string of the molecule is CCOC(=O)COc1ncccc1Oc1nc(-n2c(=O)cc(C(F)(F)F)n(C)c2=O)c(F)cc1Br. The van der Waals surface area contributed by atoms with E-state index in [9.17, 15) is 31.9 Å². The smallest absolute Gasteiger partial charge is 0.431 e. The van der Waals surface area contributed by atoms with Crippen molar-refractivity contribution in [2.45, 2.75) is 13.1 Å². The second-order valence-corrected chi connectivity index (χ2v) is 7.48. The summed E-state index contributed by atoms with van der Waals surface area (Å²) < 4.78 is 69.8. The lowest BCUT2D eigenvalue weighted by Gasteiger charge is -2.15. The molecule has 10 nitrogen and oxygen atoms in total. The van der Waals surface area contributed by atoms with Crippen LogP contribution in [0.5, 0.6) is 17.5 Å². The lowest BCUT2D eigenvalue weighted by atomic mass is 10.3. The third kappa shape index (κ3) is 5.67. The van der Waals surface area contributed by atoms with Crippen LogP contribution in [0.15, 0.2) is 44.5 Å². The molecule has 15 heteroatoms. The summed E-state index contributed by atoms with van der Waals surface area (Å²) >= 11 is 3.03. The number of nitrogens with zero attached hydrogens (tertiary/aromatic N) is 4. The van der Waals surface area contributed by atoms with Crippen molar-refractivity contribution in [3.63, 3.8) is 0 Å². The molecule has 0 aliphatic carbocycles. The van der Waals surface area contributed by atoms with Gasteiger partial charge in [0.1, 0.15) is 5.69 Å². The van der Waals surface area contributed by atoms with Crippen molar-refractivity contribution in [1.82, 2.24) is 19.1 Å². The predicted molar refractivity (Wildman–Crippen MR) is 114 cm³/mol. The zero-order valence-electron chi connectivity index (χ0n) is 17.9. The van der Waals surface area contributed by atoms with Crippen molar-refractivity contribution >= 4 is 21.9 Å². The molecule has 0 N–H and O–H groups in total. The number of hydrogen-bond donors (Lipinski definition) is 0. The number of carbonyl (C=O) groups is 1. The highest BCUT2D eigenvalue weighted by Crippen LogP contribution is 2.34. The van der Waals surface area contributed by atoms with Crippen molar-refractivity contribution in [3.05, 3.63) is 67.3 Å². The Morgan fingerprint density at radius 2 is 1.91 bits per heavy atom.